The molecule has 104 valence electrons. The summed E-state index contributed by atoms with van der Waals surface area (Å²) in [5.74, 6) is -1.10. The first-order chi connectivity index (χ1) is 9.05. The molecule has 3 rings (SSSR count). The highest BCUT2D eigenvalue weighted by molar-refractivity contribution is 6.30. The highest BCUT2D eigenvalue weighted by Crippen LogP contribution is 2.45. The van der Waals surface area contributed by atoms with Gasteiger partial charge in [-0.1, -0.05) is 23.7 Å². The van der Waals surface area contributed by atoms with E-state index in [0.717, 1.165) is 0 Å². The Labute approximate surface area is 116 Å². The smallest absolute Gasteiger partial charge is 0.168 e. The predicted octanol–water partition coefficient (Wildman–Crippen LogP) is 2.98. The molecule has 0 amide bonds. The van der Waals surface area contributed by atoms with Crippen LogP contribution in [0.15, 0.2) is 18.2 Å². The lowest BCUT2D eigenvalue weighted by Crippen LogP contribution is -2.42. The first kappa shape index (κ1) is 13.3. The molecule has 1 aromatic rings. The average Bonchev–Trinajstić information content (AvgIpc) is 2.86. The van der Waals surface area contributed by atoms with Crippen LogP contribution in [0.25, 0.3) is 0 Å². The summed E-state index contributed by atoms with van der Waals surface area (Å²) in [5, 5.41) is 10.7. The fraction of sp³-hybridized carbons (Fsp3) is 0.571. The van der Waals surface area contributed by atoms with Crippen LogP contribution in [-0.2, 0) is 15.1 Å². The molecule has 0 atom stereocenters. The van der Waals surface area contributed by atoms with Crippen LogP contribution < -0.4 is 0 Å². The van der Waals surface area contributed by atoms with Crippen molar-refractivity contribution in [1.82, 2.24) is 0 Å². The van der Waals surface area contributed by atoms with Gasteiger partial charge in [0, 0.05) is 18.4 Å². The fourth-order valence-corrected chi connectivity index (χ4v) is 3.14. The van der Waals surface area contributed by atoms with E-state index in [1.165, 1.54) is 6.07 Å². The van der Waals surface area contributed by atoms with Crippen molar-refractivity contribution in [2.24, 2.45) is 0 Å². The van der Waals surface area contributed by atoms with Gasteiger partial charge in [-0.05, 0) is 18.9 Å². The Kier molecular flexibility index (Phi) is 3.29. The number of rotatable bonds is 1. The largest absolute Gasteiger partial charge is 0.385 e. The molecule has 2 fully saturated rings. The summed E-state index contributed by atoms with van der Waals surface area (Å²) < 4.78 is 25.3. The molecule has 1 N–H and O–H groups in total. The van der Waals surface area contributed by atoms with Crippen LogP contribution in [0.2, 0.25) is 5.02 Å². The van der Waals surface area contributed by atoms with E-state index in [0.29, 0.717) is 38.9 Å². The quantitative estimate of drug-likeness (QED) is 0.862. The van der Waals surface area contributed by atoms with Crippen LogP contribution in [0.1, 0.15) is 31.2 Å². The second kappa shape index (κ2) is 4.70. The number of hydrogen-bond acceptors (Lipinski definition) is 3. The zero-order valence-electron chi connectivity index (χ0n) is 10.5. The Morgan fingerprint density at radius 2 is 1.74 bits per heavy atom. The van der Waals surface area contributed by atoms with Crippen LogP contribution in [0.4, 0.5) is 4.39 Å². The van der Waals surface area contributed by atoms with E-state index in [1.807, 2.05) is 0 Å². The van der Waals surface area contributed by atoms with Gasteiger partial charge in [-0.25, -0.2) is 4.39 Å². The summed E-state index contributed by atoms with van der Waals surface area (Å²) in [4.78, 5) is 0. The van der Waals surface area contributed by atoms with E-state index in [2.05, 4.69) is 0 Å². The molecule has 0 unspecified atom stereocenters. The summed E-state index contributed by atoms with van der Waals surface area (Å²) in [5.41, 5.74) is -0.914. The molecule has 3 nitrogen and oxygen atoms in total. The number of ether oxygens (including phenoxy) is 2. The van der Waals surface area contributed by atoms with Crippen molar-refractivity contribution < 1.29 is 19.0 Å². The van der Waals surface area contributed by atoms with E-state index < -0.39 is 17.2 Å². The number of aliphatic hydroxyl groups is 1. The Morgan fingerprint density at radius 3 is 2.37 bits per heavy atom. The Balaban J connectivity index is 1.83. The maximum atomic E-state index is 14.0. The van der Waals surface area contributed by atoms with Crippen molar-refractivity contribution in [3.63, 3.8) is 0 Å². The number of benzene rings is 1. The topological polar surface area (TPSA) is 38.7 Å². The van der Waals surface area contributed by atoms with Crippen LogP contribution >= 0.6 is 11.6 Å². The summed E-state index contributed by atoms with van der Waals surface area (Å²) >= 11 is 5.78. The lowest BCUT2D eigenvalue weighted by atomic mass is 9.77. The number of halogens is 2. The normalized spacial score (nSPS) is 24.8. The van der Waals surface area contributed by atoms with Crippen molar-refractivity contribution in [3.05, 3.63) is 34.6 Å². The fourth-order valence-electron chi connectivity index (χ4n) is 2.96. The Morgan fingerprint density at radius 1 is 1.11 bits per heavy atom. The van der Waals surface area contributed by atoms with Crippen molar-refractivity contribution in [2.75, 3.05) is 13.2 Å². The van der Waals surface area contributed by atoms with Crippen molar-refractivity contribution in [3.8, 4) is 0 Å². The van der Waals surface area contributed by atoms with Crippen LogP contribution in [0.5, 0.6) is 0 Å². The maximum Gasteiger partial charge on any atom is 0.168 e. The molecule has 1 spiro atoms. The third-order valence-electron chi connectivity index (χ3n) is 4.11. The van der Waals surface area contributed by atoms with Gasteiger partial charge >= 0.3 is 0 Å². The van der Waals surface area contributed by atoms with Crippen molar-refractivity contribution in [1.29, 1.82) is 0 Å². The SMILES string of the molecule is OC1(c2cccc(Cl)c2F)CCC2(CC1)OCCO2. The zero-order valence-corrected chi connectivity index (χ0v) is 11.3. The van der Waals surface area contributed by atoms with Gasteiger partial charge in [0.25, 0.3) is 0 Å². The summed E-state index contributed by atoms with van der Waals surface area (Å²) in [6.07, 6.45) is 1.94. The molecule has 1 aliphatic carbocycles. The summed E-state index contributed by atoms with van der Waals surface area (Å²) in [6, 6.07) is 4.73. The van der Waals surface area contributed by atoms with E-state index in [-0.39, 0.29) is 10.6 Å². The molecule has 1 heterocycles. The highest BCUT2D eigenvalue weighted by atomic mass is 35.5. The second-order valence-corrected chi connectivity index (χ2v) is 5.65. The molecule has 0 bridgehead atoms. The molecule has 0 radical (unpaired) electrons. The molecule has 2 aliphatic rings. The molecule has 1 saturated heterocycles. The molecule has 19 heavy (non-hydrogen) atoms. The molecule has 1 saturated carbocycles. The Hall–Kier alpha value is -0.680. The Bertz CT molecular complexity index is 476. The zero-order chi connectivity index (χ0) is 13.5. The lowest BCUT2D eigenvalue weighted by molar-refractivity contribution is -0.204. The maximum absolute atomic E-state index is 14.0. The molecule has 1 aliphatic heterocycles. The van der Waals surface area contributed by atoms with Crippen molar-refractivity contribution >= 4 is 11.6 Å². The second-order valence-electron chi connectivity index (χ2n) is 5.24. The molecular weight excluding hydrogens is 271 g/mol. The van der Waals surface area contributed by atoms with Gasteiger partial charge in [0.15, 0.2) is 5.79 Å². The van der Waals surface area contributed by atoms with Gasteiger partial charge in [-0.3, -0.25) is 0 Å². The van der Waals surface area contributed by atoms with Crippen molar-refractivity contribution in [2.45, 2.75) is 37.1 Å². The molecular formula is C14H16ClFO3. The standard InChI is InChI=1S/C14H16ClFO3/c15-11-3-1-2-10(12(11)16)13(17)4-6-14(7-5-13)18-8-9-19-14/h1-3,17H,4-9H2. The average molecular weight is 287 g/mol. The van der Waals surface area contributed by atoms with E-state index in [1.54, 1.807) is 12.1 Å². The van der Waals surface area contributed by atoms with Gasteiger partial charge < -0.3 is 14.6 Å². The van der Waals surface area contributed by atoms with Gasteiger partial charge in [0.1, 0.15) is 5.82 Å². The van der Waals surface area contributed by atoms with Crippen LogP contribution in [0, 0.1) is 5.82 Å². The van der Waals surface area contributed by atoms with Crippen LogP contribution in [-0.4, -0.2) is 24.1 Å². The first-order valence-electron chi connectivity index (χ1n) is 6.50. The minimum absolute atomic E-state index is 0.0413. The molecule has 0 aromatic heterocycles. The van der Waals surface area contributed by atoms with E-state index in [4.69, 9.17) is 21.1 Å². The molecule has 5 heteroatoms. The van der Waals surface area contributed by atoms with Gasteiger partial charge in [0.05, 0.1) is 23.8 Å². The summed E-state index contributed by atoms with van der Waals surface area (Å²) in [6.45, 7) is 1.17. The predicted molar refractivity (Wildman–Crippen MR) is 68.4 cm³/mol. The monoisotopic (exact) mass is 286 g/mol. The highest BCUT2D eigenvalue weighted by Gasteiger charge is 2.47. The minimum Gasteiger partial charge on any atom is -0.385 e. The summed E-state index contributed by atoms with van der Waals surface area (Å²) in [7, 11) is 0. The van der Waals surface area contributed by atoms with E-state index in [9.17, 15) is 9.50 Å². The van der Waals surface area contributed by atoms with Crippen LogP contribution in [0.3, 0.4) is 0 Å². The minimum atomic E-state index is -1.18. The van der Waals surface area contributed by atoms with Gasteiger partial charge in [0.2, 0.25) is 0 Å². The van der Waals surface area contributed by atoms with Gasteiger partial charge in [-0.15, -0.1) is 0 Å². The van der Waals surface area contributed by atoms with Gasteiger partial charge in [-0.2, -0.15) is 0 Å². The molecule has 1 aromatic carbocycles. The lowest BCUT2D eigenvalue weighted by Gasteiger charge is -2.40. The third kappa shape index (κ3) is 2.27. The van der Waals surface area contributed by atoms with E-state index >= 15 is 0 Å². The third-order valence-corrected chi connectivity index (χ3v) is 4.40. The first-order valence-corrected chi connectivity index (χ1v) is 6.87. The number of hydrogen-bond donors (Lipinski definition) is 1.